The Morgan fingerprint density at radius 1 is 0.778 bits per heavy atom. The van der Waals surface area contributed by atoms with Crippen molar-refractivity contribution in [2.75, 3.05) is 6.61 Å². The molecule has 0 saturated heterocycles. The average Bonchev–Trinajstić information content (AvgIpc) is 2.50. The summed E-state index contributed by atoms with van der Waals surface area (Å²) in [6.07, 6.45) is 2.45. The number of amides is 2. The average molecular weight is 401 g/mol. The Kier molecular flexibility index (Phi) is 13.2. The predicted octanol–water partition coefficient (Wildman–Crippen LogP) is 7.21. The molecule has 0 radical (unpaired) electrons. The molecule has 0 aromatic heterocycles. The number of hydrogen-bond donors (Lipinski definition) is 0. The molecule has 0 aromatic carbocycles. The van der Waals surface area contributed by atoms with E-state index >= 15 is 0 Å². The molecule has 0 aliphatic heterocycles. The van der Waals surface area contributed by atoms with Crippen molar-refractivity contribution in [3.05, 3.63) is 0 Å². The lowest BCUT2D eigenvalue weighted by Crippen LogP contribution is -2.43. The zero-order chi connectivity index (χ0) is 20.9. The van der Waals surface area contributed by atoms with Crippen molar-refractivity contribution < 1.29 is 18.8 Å². The predicted molar refractivity (Wildman–Crippen MR) is 112 cm³/mol. The SMILES string of the molecule is CCCCCCOC(=O)N=NC(=O)O[Si](CC(C)C)(CC(C)C)CC(C)C. The number of azo groups is 1. The molecule has 0 heterocycles. The van der Waals surface area contributed by atoms with Crippen molar-refractivity contribution in [2.24, 2.45) is 28.0 Å². The van der Waals surface area contributed by atoms with Gasteiger partial charge in [0.25, 0.3) is 8.32 Å². The molecule has 7 heteroatoms. The standard InChI is InChI=1S/C20H40N2O4Si/c1-8-9-10-11-12-25-19(23)21-22-20(24)26-27(13-16(2)3,14-17(4)5)15-18(6)7/h16-18H,8-15H2,1-7H3. The lowest BCUT2D eigenvalue weighted by Gasteiger charge is -2.34. The van der Waals surface area contributed by atoms with Crippen molar-refractivity contribution in [1.29, 1.82) is 0 Å². The molecular weight excluding hydrogens is 360 g/mol. The minimum absolute atomic E-state index is 0.305. The Morgan fingerprint density at radius 2 is 1.26 bits per heavy atom. The maximum atomic E-state index is 12.3. The van der Waals surface area contributed by atoms with Crippen LogP contribution in [0.15, 0.2) is 10.2 Å². The third-order valence-electron chi connectivity index (χ3n) is 4.08. The number of carbonyl (C=O) groups excluding carboxylic acids is 2. The van der Waals surface area contributed by atoms with Crippen LogP contribution in [0.5, 0.6) is 0 Å². The zero-order valence-electron chi connectivity index (χ0n) is 18.4. The number of carbonyl (C=O) groups is 2. The van der Waals surface area contributed by atoms with Gasteiger partial charge in [-0.3, -0.25) is 0 Å². The summed E-state index contributed by atoms with van der Waals surface area (Å²) in [5.41, 5.74) is 0. The van der Waals surface area contributed by atoms with Gasteiger partial charge in [-0.15, -0.1) is 0 Å². The summed E-state index contributed by atoms with van der Waals surface area (Å²) < 4.78 is 10.9. The Hall–Kier alpha value is -1.24. The van der Waals surface area contributed by atoms with Crippen molar-refractivity contribution in [1.82, 2.24) is 0 Å². The van der Waals surface area contributed by atoms with Gasteiger partial charge < -0.3 is 9.16 Å². The molecule has 27 heavy (non-hydrogen) atoms. The highest BCUT2D eigenvalue weighted by molar-refractivity contribution is 6.75. The second-order valence-electron chi connectivity index (χ2n) is 8.72. The summed E-state index contributed by atoms with van der Waals surface area (Å²) in [7, 11) is -2.32. The van der Waals surface area contributed by atoms with Gasteiger partial charge in [0, 0.05) is 0 Å². The van der Waals surface area contributed by atoms with Crippen LogP contribution < -0.4 is 0 Å². The van der Waals surface area contributed by atoms with Gasteiger partial charge in [0.05, 0.1) is 6.61 Å². The van der Waals surface area contributed by atoms with Crippen LogP contribution in [0.3, 0.4) is 0 Å². The normalized spacial score (nSPS) is 12.4. The van der Waals surface area contributed by atoms with E-state index in [1.807, 2.05) is 0 Å². The highest BCUT2D eigenvalue weighted by Crippen LogP contribution is 2.33. The van der Waals surface area contributed by atoms with Crippen LogP contribution in [-0.4, -0.2) is 27.1 Å². The Bertz CT molecular complexity index is 438. The minimum Gasteiger partial charge on any atom is -0.501 e. The molecule has 0 rings (SSSR count). The van der Waals surface area contributed by atoms with E-state index in [0.717, 1.165) is 43.8 Å². The first-order valence-electron chi connectivity index (χ1n) is 10.4. The van der Waals surface area contributed by atoms with Crippen LogP contribution in [0.25, 0.3) is 0 Å². The molecule has 2 amide bonds. The van der Waals surface area contributed by atoms with Crippen LogP contribution >= 0.6 is 0 Å². The first-order valence-corrected chi connectivity index (χ1v) is 12.9. The molecular formula is C20H40N2O4Si. The molecule has 0 aliphatic carbocycles. The maximum Gasteiger partial charge on any atom is 0.452 e. The molecule has 0 aromatic rings. The molecule has 0 N–H and O–H groups in total. The number of ether oxygens (including phenoxy) is 1. The Labute approximate surface area is 166 Å². The first kappa shape index (κ1) is 25.8. The number of nitrogens with zero attached hydrogens (tertiary/aromatic N) is 2. The van der Waals surface area contributed by atoms with Crippen molar-refractivity contribution >= 4 is 20.5 Å². The summed E-state index contributed by atoms with van der Waals surface area (Å²) in [5.74, 6) is 1.31. The van der Waals surface area contributed by atoms with Crippen molar-refractivity contribution in [2.45, 2.75) is 92.3 Å². The molecule has 0 bridgehead atoms. The van der Waals surface area contributed by atoms with Gasteiger partial charge in [0.2, 0.25) is 0 Å². The molecule has 0 spiro atoms. The van der Waals surface area contributed by atoms with Crippen LogP contribution in [0, 0.1) is 17.8 Å². The summed E-state index contributed by atoms with van der Waals surface area (Å²) in [5, 5.41) is 6.84. The van der Waals surface area contributed by atoms with Gasteiger partial charge >= 0.3 is 12.2 Å². The van der Waals surface area contributed by atoms with E-state index in [2.05, 4.69) is 58.7 Å². The summed E-state index contributed by atoms with van der Waals surface area (Å²) in [4.78, 5) is 23.9. The maximum absolute atomic E-state index is 12.3. The highest BCUT2D eigenvalue weighted by atomic mass is 28.4. The molecule has 0 unspecified atom stereocenters. The van der Waals surface area contributed by atoms with Gasteiger partial charge in [0.1, 0.15) is 0 Å². The van der Waals surface area contributed by atoms with E-state index in [9.17, 15) is 9.59 Å². The van der Waals surface area contributed by atoms with Gasteiger partial charge in [-0.2, -0.15) is 0 Å². The van der Waals surface area contributed by atoms with E-state index in [0.29, 0.717) is 24.4 Å². The highest BCUT2D eigenvalue weighted by Gasteiger charge is 2.40. The third kappa shape index (κ3) is 13.6. The molecule has 0 saturated carbocycles. The van der Waals surface area contributed by atoms with E-state index < -0.39 is 20.5 Å². The monoisotopic (exact) mass is 400 g/mol. The Morgan fingerprint density at radius 3 is 1.70 bits per heavy atom. The Balaban J connectivity index is 4.83. The third-order valence-corrected chi connectivity index (χ3v) is 9.37. The smallest absolute Gasteiger partial charge is 0.452 e. The number of hydrogen-bond acceptors (Lipinski definition) is 4. The molecule has 158 valence electrons. The van der Waals surface area contributed by atoms with Crippen LogP contribution in [0.1, 0.15) is 74.1 Å². The summed E-state index contributed by atoms with van der Waals surface area (Å²) in [6, 6.07) is 2.69. The fourth-order valence-electron chi connectivity index (χ4n) is 3.61. The molecule has 0 fully saturated rings. The molecule has 0 atom stereocenters. The largest absolute Gasteiger partial charge is 0.501 e. The first-order chi connectivity index (χ1) is 12.6. The summed E-state index contributed by atoms with van der Waals surface area (Å²) in [6.45, 7) is 15.3. The van der Waals surface area contributed by atoms with Gasteiger partial charge in [-0.25, -0.2) is 9.59 Å². The van der Waals surface area contributed by atoms with Crippen molar-refractivity contribution in [3.8, 4) is 0 Å². The van der Waals surface area contributed by atoms with Crippen LogP contribution in [-0.2, 0) is 9.16 Å². The fourth-order valence-corrected chi connectivity index (χ4v) is 9.24. The number of unbranched alkanes of at least 4 members (excludes halogenated alkanes) is 3. The van der Waals surface area contributed by atoms with Gasteiger partial charge in [-0.1, -0.05) is 78.0 Å². The minimum atomic E-state index is -2.32. The second-order valence-corrected chi connectivity index (χ2v) is 12.5. The fraction of sp³-hybridized carbons (Fsp3) is 0.900. The van der Waals surface area contributed by atoms with Crippen molar-refractivity contribution in [3.63, 3.8) is 0 Å². The van der Waals surface area contributed by atoms with E-state index in [4.69, 9.17) is 9.16 Å². The summed E-state index contributed by atoms with van der Waals surface area (Å²) >= 11 is 0. The van der Waals surface area contributed by atoms with E-state index in [1.54, 1.807) is 0 Å². The van der Waals surface area contributed by atoms with Crippen LogP contribution in [0.4, 0.5) is 9.59 Å². The van der Waals surface area contributed by atoms with Gasteiger partial charge in [-0.05, 0) is 42.3 Å². The topological polar surface area (TPSA) is 77.3 Å². The van der Waals surface area contributed by atoms with E-state index in [1.165, 1.54) is 0 Å². The van der Waals surface area contributed by atoms with E-state index in [-0.39, 0.29) is 0 Å². The second kappa shape index (κ2) is 13.9. The lowest BCUT2D eigenvalue weighted by molar-refractivity contribution is 0.151. The molecule has 0 aliphatic rings. The zero-order valence-corrected chi connectivity index (χ0v) is 19.4. The van der Waals surface area contributed by atoms with Crippen LogP contribution in [0.2, 0.25) is 18.1 Å². The molecule has 6 nitrogen and oxygen atoms in total. The number of rotatable bonds is 12. The lowest BCUT2D eigenvalue weighted by atomic mass is 10.2. The quantitative estimate of drug-likeness (QED) is 0.197. The van der Waals surface area contributed by atoms with Gasteiger partial charge in [0.15, 0.2) is 0 Å².